The third-order valence-electron chi connectivity index (χ3n) is 0.189. The Labute approximate surface area is 43.5 Å². The summed E-state index contributed by atoms with van der Waals surface area (Å²) in [4.78, 5) is 0. The van der Waals surface area contributed by atoms with Gasteiger partial charge in [-0.2, -0.15) is 0 Å². The SMILES string of the molecule is [SiH3]CCI. The maximum atomic E-state index is 2.39. The molecule has 0 fully saturated rings. The lowest BCUT2D eigenvalue weighted by molar-refractivity contribution is 1.56. The Balaban J connectivity index is 1.97. The third-order valence-corrected chi connectivity index (χ3v) is 3.80. The summed E-state index contributed by atoms with van der Waals surface area (Å²) in [7, 11) is 1.38. The quantitative estimate of drug-likeness (QED) is 0.312. The first-order chi connectivity index (χ1) is 1.91. The van der Waals surface area contributed by atoms with Gasteiger partial charge in [0, 0.05) is 10.2 Å². The fourth-order valence-corrected chi connectivity index (χ4v) is 0. The van der Waals surface area contributed by atoms with Crippen LogP contribution in [0.15, 0.2) is 0 Å². The first-order valence-corrected chi connectivity index (χ1v) is 4.41. The molecule has 0 aliphatic rings. The number of hydrogen-bond acceptors (Lipinski definition) is 0. The van der Waals surface area contributed by atoms with Crippen molar-refractivity contribution >= 4 is 32.8 Å². The van der Waals surface area contributed by atoms with Crippen LogP contribution in [-0.2, 0) is 0 Å². The van der Waals surface area contributed by atoms with Crippen molar-refractivity contribution in [2.24, 2.45) is 0 Å². The van der Waals surface area contributed by atoms with Gasteiger partial charge in [-0.15, -0.1) is 0 Å². The molecule has 0 aliphatic carbocycles. The second kappa shape index (κ2) is 3.95. The molecule has 0 heterocycles. The monoisotopic (exact) mass is 186 g/mol. The summed E-state index contributed by atoms with van der Waals surface area (Å²) in [5.74, 6) is 0. The van der Waals surface area contributed by atoms with Gasteiger partial charge >= 0.3 is 0 Å². The van der Waals surface area contributed by atoms with E-state index in [1.54, 1.807) is 0 Å². The molecule has 0 N–H and O–H groups in total. The van der Waals surface area contributed by atoms with Gasteiger partial charge in [-0.3, -0.25) is 0 Å². The van der Waals surface area contributed by atoms with E-state index < -0.39 is 0 Å². The Morgan fingerprint density at radius 1 is 1.75 bits per heavy atom. The van der Waals surface area contributed by atoms with Crippen molar-refractivity contribution in [3.05, 3.63) is 0 Å². The van der Waals surface area contributed by atoms with Crippen LogP contribution in [0, 0.1) is 0 Å². The molecule has 0 amide bonds. The molecular weight excluding hydrogens is 179 g/mol. The normalized spacial score (nSPS) is 8.25. The molecule has 0 rings (SSSR count). The van der Waals surface area contributed by atoms with E-state index in [0.717, 1.165) is 0 Å². The second-order valence-electron chi connectivity index (χ2n) is 0.689. The summed E-state index contributed by atoms with van der Waals surface area (Å²) in [5.41, 5.74) is 0. The zero-order valence-electron chi connectivity index (χ0n) is 2.79. The summed E-state index contributed by atoms with van der Waals surface area (Å²) in [6, 6.07) is 1.44. The Bertz CT molecular complexity index is 8.00. The fraction of sp³-hybridized carbons (Fsp3) is 1.00. The molecule has 0 nitrogen and oxygen atoms in total. The lowest BCUT2D eigenvalue weighted by atomic mass is 11.0. The van der Waals surface area contributed by atoms with E-state index in [4.69, 9.17) is 0 Å². The van der Waals surface area contributed by atoms with E-state index in [1.807, 2.05) is 0 Å². The van der Waals surface area contributed by atoms with Crippen LogP contribution < -0.4 is 0 Å². The van der Waals surface area contributed by atoms with E-state index in [-0.39, 0.29) is 0 Å². The molecule has 0 unspecified atom stereocenters. The largest absolute Gasteiger partial charge is 0.0867 e. The third kappa shape index (κ3) is 2.95. The summed E-state index contributed by atoms with van der Waals surface area (Å²) in [6.45, 7) is 0. The van der Waals surface area contributed by atoms with Gasteiger partial charge in [-0.1, -0.05) is 28.6 Å². The molecular formula is C2H7ISi. The molecule has 0 aromatic carbocycles. The molecule has 0 aliphatic heterocycles. The predicted molar refractivity (Wildman–Crippen MR) is 33.6 cm³/mol. The highest BCUT2D eigenvalue weighted by molar-refractivity contribution is 14.1. The van der Waals surface area contributed by atoms with Crippen molar-refractivity contribution in [1.29, 1.82) is 0 Å². The Kier molecular flexibility index (Phi) is 4.88. The van der Waals surface area contributed by atoms with Gasteiger partial charge < -0.3 is 0 Å². The van der Waals surface area contributed by atoms with Crippen molar-refractivity contribution in [2.45, 2.75) is 6.04 Å². The molecule has 0 aromatic heterocycles. The molecule has 0 spiro atoms. The van der Waals surface area contributed by atoms with Gasteiger partial charge in [0.1, 0.15) is 0 Å². The Morgan fingerprint density at radius 3 is 2.00 bits per heavy atom. The maximum absolute atomic E-state index is 2.39. The molecule has 2 heteroatoms. The number of halogens is 1. The van der Waals surface area contributed by atoms with Crippen LogP contribution in [0.2, 0.25) is 6.04 Å². The summed E-state index contributed by atoms with van der Waals surface area (Å²) in [6.07, 6.45) is 0. The summed E-state index contributed by atoms with van der Waals surface area (Å²) < 4.78 is 1.35. The number of alkyl halides is 1. The average Bonchev–Trinajstić information content (AvgIpc) is 1.37. The minimum absolute atomic E-state index is 1.35. The smallest absolute Gasteiger partial charge is 0.00376 e. The first-order valence-electron chi connectivity index (χ1n) is 1.47. The maximum Gasteiger partial charge on any atom is 0.00376 e. The van der Waals surface area contributed by atoms with E-state index in [1.165, 1.54) is 20.7 Å². The lowest BCUT2D eigenvalue weighted by Crippen LogP contribution is -1.60. The topological polar surface area (TPSA) is 0 Å². The van der Waals surface area contributed by atoms with Crippen molar-refractivity contribution < 1.29 is 0 Å². The second-order valence-corrected chi connectivity index (χ2v) is 2.77. The number of rotatable bonds is 1. The zero-order valence-corrected chi connectivity index (χ0v) is 6.95. The van der Waals surface area contributed by atoms with Gasteiger partial charge in [-0.25, -0.2) is 0 Å². The van der Waals surface area contributed by atoms with E-state index >= 15 is 0 Å². The van der Waals surface area contributed by atoms with Gasteiger partial charge in [-0.05, 0) is 4.43 Å². The molecule has 0 atom stereocenters. The zero-order chi connectivity index (χ0) is 3.41. The highest BCUT2D eigenvalue weighted by Crippen LogP contribution is 1.79. The number of hydrogen-bond donors (Lipinski definition) is 0. The molecule has 26 valence electrons. The van der Waals surface area contributed by atoms with Crippen LogP contribution in [0.1, 0.15) is 0 Å². The Hall–Kier alpha value is 0.947. The highest BCUT2D eigenvalue weighted by atomic mass is 127. The molecule has 0 bridgehead atoms. The first kappa shape index (κ1) is 4.95. The molecule has 0 saturated heterocycles. The van der Waals surface area contributed by atoms with Crippen molar-refractivity contribution in [1.82, 2.24) is 0 Å². The van der Waals surface area contributed by atoms with E-state index in [2.05, 4.69) is 22.6 Å². The minimum atomic E-state index is 1.35. The van der Waals surface area contributed by atoms with Gasteiger partial charge in [0.2, 0.25) is 0 Å². The van der Waals surface area contributed by atoms with Crippen LogP contribution in [0.5, 0.6) is 0 Å². The molecule has 4 heavy (non-hydrogen) atoms. The van der Waals surface area contributed by atoms with E-state index in [0.29, 0.717) is 0 Å². The van der Waals surface area contributed by atoms with Crippen LogP contribution in [0.25, 0.3) is 0 Å². The van der Waals surface area contributed by atoms with Crippen LogP contribution in [0.4, 0.5) is 0 Å². The van der Waals surface area contributed by atoms with Crippen molar-refractivity contribution in [3.8, 4) is 0 Å². The minimum Gasteiger partial charge on any atom is -0.0867 e. The van der Waals surface area contributed by atoms with Crippen LogP contribution >= 0.6 is 22.6 Å². The Morgan fingerprint density at radius 2 is 2.00 bits per heavy atom. The standard InChI is InChI=1S/C2H7ISi/c3-1-2-4/h1-2H2,4H3. The van der Waals surface area contributed by atoms with Gasteiger partial charge in [0.15, 0.2) is 0 Å². The van der Waals surface area contributed by atoms with Crippen LogP contribution in [-0.4, -0.2) is 14.7 Å². The molecule has 0 aromatic rings. The average molecular weight is 186 g/mol. The lowest BCUT2D eigenvalue weighted by Gasteiger charge is -1.65. The summed E-state index contributed by atoms with van der Waals surface area (Å²) >= 11 is 2.39. The van der Waals surface area contributed by atoms with Crippen molar-refractivity contribution in [3.63, 3.8) is 0 Å². The predicted octanol–water partition coefficient (Wildman–Crippen LogP) is 0.205. The molecule has 0 saturated carbocycles. The summed E-state index contributed by atoms with van der Waals surface area (Å²) in [5, 5.41) is 0. The van der Waals surface area contributed by atoms with Gasteiger partial charge in [0.25, 0.3) is 0 Å². The fourth-order valence-electron chi connectivity index (χ4n) is 0. The van der Waals surface area contributed by atoms with Gasteiger partial charge in [0.05, 0.1) is 0 Å². The highest BCUT2D eigenvalue weighted by Gasteiger charge is 1.59. The van der Waals surface area contributed by atoms with Crippen molar-refractivity contribution in [2.75, 3.05) is 4.43 Å². The van der Waals surface area contributed by atoms with Crippen LogP contribution in [0.3, 0.4) is 0 Å². The molecule has 0 radical (unpaired) electrons. The van der Waals surface area contributed by atoms with E-state index in [9.17, 15) is 0 Å².